The van der Waals surface area contributed by atoms with Gasteiger partial charge in [-0.15, -0.1) is 5.10 Å². The zero-order valence-corrected chi connectivity index (χ0v) is 19.0. The lowest BCUT2D eigenvalue weighted by Gasteiger charge is -2.10. The fourth-order valence-corrected chi connectivity index (χ4v) is 3.41. The number of carbonyl (C=O) groups is 1. The number of halogens is 1. The summed E-state index contributed by atoms with van der Waals surface area (Å²) in [5, 5.41) is 7.82. The lowest BCUT2D eigenvalue weighted by molar-refractivity contribution is 0.101. The first kappa shape index (κ1) is 22.2. The van der Waals surface area contributed by atoms with Crippen LogP contribution in [-0.4, -0.2) is 42.0 Å². The van der Waals surface area contributed by atoms with E-state index in [9.17, 15) is 4.79 Å². The summed E-state index contributed by atoms with van der Waals surface area (Å²) in [4.78, 5) is 17.6. The van der Waals surface area contributed by atoms with Crippen molar-refractivity contribution in [3.05, 3.63) is 77.6 Å². The molecule has 0 saturated heterocycles. The molecule has 168 valence electrons. The Hall–Kier alpha value is -4.04. The Bertz CT molecular complexity index is 1290. The standard InChI is InChI=1S/C24H21ClN4O4/c1-31-18-9-7-17(8-10-18)29-23(15-5-4-6-16(25)13-15)27-22(28-29)24(30)26-20-14-19(32-2)11-12-21(20)33-3/h4-14H,1-3H3,(H,26,30). The number of ether oxygens (including phenoxy) is 3. The maximum Gasteiger partial charge on any atom is 0.295 e. The zero-order valence-electron chi connectivity index (χ0n) is 18.2. The molecule has 0 atom stereocenters. The normalized spacial score (nSPS) is 10.5. The van der Waals surface area contributed by atoms with Gasteiger partial charge in [0.05, 0.1) is 32.7 Å². The fraction of sp³-hybridized carbons (Fsp3) is 0.125. The minimum absolute atomic E-state index is 0.0225. The Morgan fingerprint density at radius 2 is 1.64 bits per heavy atom. The largest absolute Gasteiger partial charge is 0.497 e. The fourth-order valence-electron chi connectivity index (χ4n) is 3.22. The van der Waals surface area contributed by atoms with Crippen molar-refractivity contribution in [1.29, 1.82) is 0 Å². The van der Waals surface area contributed by atoms with Crippen LogP contribution in [0.5, 0.6) is 17.2 Å². The van der Waals surface area contributed by atoms with Crippen LogP contribution in [0.2, 0.25) is 5.02 Å². The maximum atomic E-state index is 13.1. The number of nitrogens with one attached hydrogen (secondary N) is 1. The second-order valence-electron chi connectivity index (χ2n) is 6.90. The molecule has 1 aromatic heterocycles. The van der Waals surface area contributed by atoms with Crippen LogP contribution in [0.3, 0.4) is 0 Å². The van der Waals surface area contributed by atoms with Crippen LogP contribution in [0, 0.1) is 0 Å². The molecule has 0 saturated carbocycles. The van der Waals surface area contributed by atoms with Gasteiger partial charge >= 0.3 is 0 Å². The van der Waals surface area contributed by atoms with E-state index in [0.29, 0.717) is 45.0 Å². The quantitative estimate of drug-likeness (QED) is 0.420. The molecule has 0 unspecified atom stereocenters. The number of hydrogen-bond acceptors (Lipinski definition) is 6. The summed E-state index contributed by atoms with van der Waals surface area (Å²) in [7, 11) is 4.66. The average molecular weight is 465 g/mol. The van der Waals surface area contributed by atoms with Crippen molar-refractivity contribution in [3.63, 3.8) is 0 Å². The molecule has 1 N–H and O–H groups in total. The van der Waals surface area contributed by atoms with E-state index in [2.05, 4.69) is 15.4 Å². The summed E-state index contributed by atoms with van der Waals surface area (Å²) in [5.74, 6) is 1.69. The highest BCUT2D eigenvalue weighted by molar-refractivity contribution is 6.30. The van der Waals surface area contributed by atoms with Crippen LogP contribution >= 0.6 is 11.6 Å². The monoisotopic (exact) mass is 464 g/mol. The van der Waals surface area contributed by atoms with Crippen LogP contribution in [0.4, 0.5) is 5.69 Å². The number of carbonyl (C=O) groups excluding carboxylic acids is 1. The van der Waals surface area contributed by atoms with Gasteiger partial charge in [-0.25, -0.2) is 9.67 Å². The molecule has 4 rings (SSSR count). The van der Waals surface area contributed by atoms with Gasteiger partial charge in [-0.2, -0.15) is 0 Å². The second kappa shape index (κ2) is 9.62. The molecule has 0 radical (unpaired) electrons. The van der Waals surface area contributed by atoms with E-state index in [1.807, 2.05) is 24.3 Å². The van der Waals surface area contributed by atoms with Crippen molar-refractivity contribution in [2.45, 2.75) is 0 Å². The van der Waals surface area contributed by atoms with E-state index in [1.54, 1.807) is 61.4 Å². The summed E-state index contributed by atoms with van der Waals surface area (Å²) < 4.78 is 17.4. The number of rotatable bonds is 7. The first-order chi connectivity index (χ1) is 16.0. The molecular weight excluding hydrogens is 444 g/mol. The number of nitrogens with zero attached hydrogens (tertiary/aromatic N) is 3. The van der Waals surface area contributed by atoms with Crippen molar-refractivity contribution in [2.75, 3.05) is 26.6 Å². The second-order valence-corrected chi connectivity index (χ2v) is 7.34. The van der Waals surface area contributed by atoms with Crippen molar-refractivity contribution in [1.82, 2.24) is 14.8 Å². The van der Waals surface area contributed by atoms with Gasteiger partial charge in [0.15, 0.2) is 5.82 Å². The Labute approximate surface area is 195 Å². The molecule has 0 spiro atoms. The van der Waals surface area contributed by atoms with E-state index >= 15 is 0 Å². The number of amides is 1. The van der Waals surface area contributed by atoms with Crippen molar-refractivity contribution in [2.24, 2.45) is 0 Å². The molecule has 3 aromatic carbocycles. The zero-order chi connectivity index (χ0) is 23.4. The number of hydrogen-bond donors (Lipinski definition) is 1. The third-order valence-electron chi connectivity index (χ3n) is 4.86. The average Bonchev–Trinajstić information content (AvgIpc) is 3.30. The number of anilines is 1. The molecule has 9 heteroatoms. The summed E-state index contributed by atoms with van der Waals surface area (Å²) in [5.41, 5.74) is 1.85. The van der Waals surface area contributed by atoms with Crippen LogP contribution < -0.4 is 19.5 Å². The minimum atomic E-state index is -0.503. The SMILES string of the molecule is COc1ccc(-n2nc(C(=O)Nc3cc(OC)ccc3OC)nc2-c2cccc(Cl)c2)cc1. The molecule has 8 nitrogen and oxygen atoms in total. The highest BCUT2D eigenvalue weighted by atomic mass is 35.5. The Morgan fingerprint density at radius 1 is 0.909 bits per heavy atom. The van der Waals surface area contributed by atoms with E-state index in [-0.39, 0.29) is 5.82 Å². The maximum absolute atomic E-state index is 13.1. The third kappa shape index (κ3) is 4.75. The molecular formula is C24H21ClN4O4. The smallest absolute Gasteiger partial charge is 0.295 e. The summed E-state index contributed by atoms with van der Waals surface area (Å²) in [6, 6.07) is 19.6. The van der Waals surface area contributed by atoms with Gasteiger partial charge in [-0.05, 0) is 48.5 Å². The number of methoxy groups -OCH3 is 3. The van der Waals surface area contributed by atoms with E-state index < -0.39 is 5.91 Å². The third-order valence-corrected chi connectivity index (χ3v) is 5.10. The number of aromatic nitrogens is 3. The predicted molar refractivity (Wildman–Crippen MR) is 126 cm³/mol. The van der Waals surface area contributed by atoms with Gasteiger partial charge < -0.3 is 19.5 Å². The molecule has 0 aliphatic carbocycles. The molecule has 33 heavy (non-hydrogen) atoms. The van der Waals surface area contributed by atoms with Crippen LogP contribution in [0.25, 0.3) is 17.1 Å². The first-order valence-corrected chi connectivity index (χ1v) is 10.3. The molecule has 0 bridgehead atoms. The first-order valence-electron chi connectivity index (χ1n) is 9.93. The van der Waals surface area contributed by atoms with Gasteiger partial charge in [-0.1, -0.05) is 23.7 Å². The van der Waals surface area contributed by atoms with E-state index in [1.165, 1.54) is 7.11 Å². The van der Waals surface area contributed by atoms with Gasteiger partial charge in [0.2, 0.25) is 5.82 Å². The van der Waals surface area contributed by atoms with Crippen molar-refractivity contribution in [3.8, 4) is 34.3 Å². The van der Waals surface area contributed by atoms with Crippen molar-refractivity contribution < 1.29 is 19.0 Å². The Kier molecular flexibility index (Phi) is 6.46. The van der Waals surface area contributed by atoms with E-state index in [0.717, 1.165) is 0 Å². The number of benzene rings is 3. The van der Waals surface area contributed by atoms with Gasteiger partial charge in [0, 0.05) is 16.7 Å². The summed E-state index contributed by atoms with van der Waals surface area (Å²) in [6.07, 6.45) is 0. The van der Waals surface area contributed by atoms with Gasteiger partial charge in [0.1, 0.15) is 17.2 Å². The van der Waals surface area contributed by atoms with Gasteiger partial charge in [0.25, 0.3) is 5.91 Å². The lowest BCUT2D eigenvalue weighted by Crippen LogP contribution is -2.15. The molecule has 1 heterocycles. The minimum Gasteiger partial charge on any atom is -0.497 e. The van der Waals surface area contributed by atoms with Crippen molar-refractivity contribution >= 4 is 23.2 Å². The predicted octanol–water partition coefficient (Wildman–Crippen LogP) is 4.87. The highest BCUT2D eigenvalue weighted by Crippen LogP contribution is 2.30. The highest BCUT2D eigenvalue weighted by Gasteiger charge is 2.20. The van der Waals surface area contributed by atoms with Gasteiger partial charge in [-0.3, -0.25) is 4.79 Å². The van der Waals surface area contributed by atoms with E-state index in [4.69, 9.17) is 25.8 Å². The Balaban J connectivity index is 1.75. The van der Waals surface area contributed by atoms with Crippen LogP contribution in [-0.2, 0) is 0 Å². The Morgan fingerprint density at radius 3 is 2.30 bits per heavy atom. The molecule has 0 aliphatic heterocycles. The summed E-state index contributed by atoms with van der Waals surface area (Å²) >= 11 is 6.19. The molecule has 0 aliphatic rings. The molecule has 1 amide bonds. The lowest BCUT2D eigenvalue weighted by atomic mass is 10.2. The van der Waals surface area contributed by atoms with Crippen LogP contribution in [0.1, 0.15) is 10.6 Å². The summed E-state index contributed by atoms with van der Waals surface area (Å²) in [6.45, 7) is 0. The molecule has 0 fully saturated rings. The molecule has 4 aromatic rings. The van der Waals surface area contributed by atoms with Crippen LogP contribution in [0.15, 0.2) is 66.7 Å². The topological polar surface area (TPSA) is 87.5 Å².